The molecule has 0 saturated heterocycles. The van der Waals surface area contributed by atoms with Crippen molar-refractivity contribution < 1.29 is 4.42 Å². The fourth-order valence-corrected chi connectivity index (χ4v) is 1.66. The lowest BCUT2D eigenvalue weighted by Gasteiger charge is -2.11. The highest BCUT2D eigenvalue weighted by atomic mass is 16.3. The first-order valence-corrected chi connectivity index (χ1v) is 3.88. The van der Waals surface area contributed by atoms with E-state index in [9.17, 15) is 0 Å². The fourth-order valence-electron chi connectivity index (χ4n) is 1.66. The Morgan fingerprint density at radius 3 is 2.55 bits per heavy atom. The van der Waals surface area contributed by atoms with Gasteiger partial charge in [0.05, 0.1) is 12.5 Å². The molecule has 1 unspecified atom stereocenters. The van der Waals surface area contributed by atoms with E-state index in [4.69, 9.17) is 10.2 Å². The summed E-state index contributed by atoms with van der Waals surface area (Å²) in [7, 11) is 0. The van der Waals surface area contributed by atoms with Crippen LogP contribution in [0.25, 0.3) is 0 Å². The zero-order chi connectivity index (χ0) is 8.11. The molecule has 1 aliphatic rings. The van der Waals surface area contributed by atoms with Gasteiger partial charge in [-0.15, -0.1) is 0 Å². The second-order valence-corrected chi connectivity index (χ2v) is 4.04. The summed E-state index contributed by atoms with van der Waals surface area (Å²) in [5, 5.41) is 0. The van der Waals surface area contributed by atoms with Crippen LogP contribution >= 0.6 is 0 Å². The van der Waals surface area contributed by atoms with Crippen LogP contribution in [0.1, 0.15) is 25.8 Å². The van der Waals surface area contributed by atoms with E-state index in [0.717, 1.165) is 12.0 Å². The van der Waals surface area contributed by atoms with Crippen LogP contribution in [0.3, 0.4) is 0 Å². The minimum absolute atomic E-state index is 0.125. The van der Waals surface area contributed by atoms with Crippen LogP contribution in [0.15, 0.2) is 23.0 Å². The first-order chi connectivity index (χ1) is 5.06. The monoisotopic (exact) mass is 151 g/mol. The van der Waals surface area contributed by atoms with E-state index in [2.05, 4.69) is 13.8 Å². The van der Waals surface area contributed by atoms with E-state index in [-0.39, 0.29) is 11.0 Å². The molecular formula is C9H13NO. The van der Waals surface area contributed by atoms with Gasteiger partial charge in [-0.25, -0.2) is 0 Å². The second-order valence-electron chi connectivity index (χ2n) is 4.04. The first kappa shape index (κ1) is 6.92. The molecule has 0 amide bonds. The molecule has 1 aromatic rings. The van der Waals surface area contributed by atoms with Crippen LogP contribution in [0.2, 0.25) is 0 Å². The van der Waals surface area contributed by atoms with E-state index in [1.165, 1.54) is 0 Å². The minimum Gasteiger partial charge on any atom is -0.472 e. The van der Waals surface area contributed by atoms with Crippen molar-refractivity contribution in [2.75, 3.05) is 0 Å². The van der Waals surface area contributed by atoms with Crippen LogP contribution in [-0.4, -0.2) is 0 Å². The van der Waals surface area contributed by atoms with Gasteiger partial charge in [-0.05, 0) is 17.9 Å². The Bertz CT molecular complexity index is 263. The van der Waals surface area contributed by atoms with Crippen LogP contribution in [0.5, 0.6) is 0 Å². The molecule has 1 aromatic heterocycles. The van der Waals surface area contributed by atoms with Gasteiger partial charge in [0, 0.05) is 11.1 Å². The van der Waals surface area contributed by atoms with Gasteiger partial charge in [0.2, 0.25) is 0 Å². The Labute approximate surface area is 66.4 Å². The molecule has 0 aliphatic heterocycles. The largest absolute Gasteiger partial charge is 0.472 e. The van der Waals surface area contributed by atoms with Gasteiger partial charge in [0.15, 0.2) is 0 Å². The standard InChI is InChI=1S/C9H13NO/c1-8(2)6-9(8,10)7-3-4-11-5-7/h3-5H,6,10H2,1-2H3. The van der Waals surface area contributed by atoms with Crippen molar-refractivity contribution in [2.24, 2.45) is 11.1 Å². The van der Waals surface area contributed by atoms with Gasteiger partial charge in [-0.1, -0.05) is 13.8 Å². The summed E-state index contributed by atoms with van der Waals surface area (Å²) >= 11 is 0. The Hall–Kier alpha value is -0.760. The Balaban J connectivity index is 2.33. The van der Waals surface area contributed by atoms with Crippen molar-refractivity contribution in [3.63, 3.8) is 0 Å². The zero-order valence-corrected chi connectivity index (χ0v) is 6.92. The van der Waals surface area contributed by atoms with Gasteiger partial charge in [-0.2, -0.15) is 0 Å². The van der Waals surface area contributed by atoms with E-state index in [0.29, 0.717) is 0 Å². The summed E-state index contributed by atoms with van der Waals surface area (Å²) < 4.78 is 4.99. The molecule has 0 aromatic carbocycles. The summed E-state index contributed by atoms with van der Waals surface area (Å²) in [6.45, 7) is 4.36. The molecule has 1 atom stereocenters. The van der Waals surface area contributed by atoms with Crippen LogP contribution in [0, 0.1) is 5.41 Å². The smallest absolute Gasteiger partial charge is 0.0953 e. The summed E-state index contributed by atoms with van der Waals surface area (Å²) in [6.07, 6.45) is 4.48. The van der Waals surface area contributed by atoms with Crippen molar-refractivity contribution in [2.45, 2.75) is 25.8 Å². The average Bonchev–Trinajstić information content (AvgIpc) is 2.36. The zero-order valence-electron chi connectivity index (χ0n) is 6.92. The van der Waals surface area contributed by atoms with Crippen molar-refractivity contribution in [3.05, 3.63) is 24.2 Å². The Morgan fingerprint density at radius 2 is 2.18 bits per heavy atom. The highest BCUT2D eigenvalue weighted by Crippen LogP contribution is 2.60. The third kappa shape index (κ3) is 0.760. The van der Waals surface area contributed by atoms with Crippen LogP contribution in [0.4, 0.5) is 0 Å². The molecule has 0 bridgehead atoms. The van der Waals surface area contributed by atoms with E-state index < -0.39 is 0 Å². The predicted octanol–water partition coefficient (Wildman–Crippen LogP) is 1.86. The fraction of sp³-hybridized carbons (Fsp3) is 0.556. The molecule has 2 heteroatoms. The third-order valence-corrected chi connectivity index (χ3v) is 2.84. The van der Waals surface area contributed by atoms with Crippen LogP contribution < -0.4 is 5.73 Å². The summed E-state index contributed by atoms with van der Waals surface area (Å²) in [6, 6.07) is 1.95. The highest BCUT2D eigenvalue weighted by Gasteiger charge is 2.59. The van der Waals surface area contributed by atoms with Crippen molar-refractivity contribution in [3.8, 4) is 0 Å². The number of furan rings is 1. The maximum atomic E-state index is 6.13. The molecule has 1 fully saturated rings. The van der Waals surface area contributed by atoms with Crippen molar-refractivity contribution >= 4 is 0 Å². The highest BCUT2D eigenvalue weighted by molar-refractivity contribution is 5.31. The van der Waals surface area contributed by atoms with Gasteiger partial charge < -0.3 is 10.2 Å². The molecule has 0 radical (unpaired) electrons. The third-order valence-electron chi connectivity index (χ3n) is 2.84. The Morgan fingerprint density at radius 1 is 1.55 bits per heavy atom. The van der Waals surface area contributed by atoms with E-state index in [1.807, 2.05) is 6.07 Å². The Kier molecular flexibility index (Phi) is 1.07. The normalized spacial score (nSPS) is 33.7. The maximum absolute atomic E-state index is 6.13. The molecule has 2 N–H and O–H groups in total. The predicted molar refractivity (Wildman–Crippen MR) is 43.0 cm³/mol. The topological polar surface area (TPSA) is 39.2 Å². The van der Waals surface area contributed by atoms with Gasteiger partial charge in [-0.3, -0.25) is 0 Å². The van der Waals surface area contributed by atoms with Crippen LogP contribution in [-0.2, 0) is 5.54 Å². The average molecular weight is 151 g/mol. The molecule has 0 spiro atoms. The maximum Gasteiger partial charge on any atom is 0.0953 e. The quantitative estimate of drug-likeness (QED) is 0.665. The van der Waals surface area contributed by atoms with Gasteiger partial charge >= 0.3 is 0 Å². The lowest BCUT2D eigenvalue weighted by atomic mass is 10.00. The van der Waals surface area contributed by atoms with Gasteiger partial charge in [0.1, 0.15) is 0 Å². The molecule has 1 saturated carbocycles. The van der Waals surface area contributed by atoms with E-state index in [1.54, 1.807) is 12.5 Å². The lowest BCUT2D eigenvalue weighted by molar-refractivity contribution is 0.498. The number of rotatable bonds is 1. The first-order valence-electron chi connectivity index (χ1n) is 3.88. The minimum atomic E-state index is -0.125. The van der Waals surface area contributed by atoms with Gasteiger partial charge in [0.25, 0.3) is 0 Å². The molecule has 2 rings (SSSR count). The van der Waals surface area contributed by atoms with E-state index >= 15 is 0 Å². The summed E-state index contributed by atoms with van der Waals surface area (Å²) in [4.78, 5) is 0. The van der Waals surface area contributed by atoms with Crippen molar-refractivity contribution in [1.82, 2.24) is 0 Å². The summed E-state index contributed by atoms with van der Waals surface area (Å²) in [5.74, 6) is 0. The molecular weight excluding hydrogens is 138 g/mol. The number of nitrogens with two attached hydrogens (primary N) is 1. The lowest BCUT2D eigenvalue weighted by Crippen LogP contribution is -2.24. The van der Waals surface area contributed by atoms with Crippen molar-refractivity contribution in [1.29, 1.82) is 0 Å². The summed E-state index contributed by atoms with van der Waals surface area (Å²) in [5.41, 5.74) is 7.38. The molecule has 60 valence electrons. The molecule has 11 heavy (non-hydrogen) atoms. The molecule has 2 nitrogen and oxygen atoms in total. The number of hydrogen-bond acceptors (Lipinski definition) is 2. The second kappa shape index (κ2) is 1.69. The number of hydrogen-bond donors (Lipinski definition) is 1. The SMILES string of the molecule is CC1(C)CC1(N)c1ccoc1. The molecule has 1 heterocycles. The molecule has 1 aliphatic carbocycles.